The first-order valence-corrected chi connectivity index (χ1v) is 6.93. The van der Waals surface area contributed by atoms with Gasteiger partial charge in [0, 0.05) is 20.2 Å². The molecule has 104 valence electrons. The fourth-order valence-corrected chi connectivity index (χ4v) is 2.88. The van der Waals surface area contributed by atoms with Crippen LogP contribution in [-0.4, -0.2) is 62.9 Å². The van der Waals surface area contributed by atoms with Gasteiger partial charge in [-0.1, -0.05) is 12.8 Å². The first kappa shape index (κ1) is 13.8. The van der Waals surface area contributed by atoms with E-state index in [9.17, 15) is 4.79 Å². The molecule has 1 amide bonds. The molecule has 1 heterocycles. The van der Waals surface area contributed by atoms with E-state index >= 15 is 0 Å². The summed E-state index contributed by atoms with van der Waals surface area (Å²) in [5, 5.41) is 3.12. The van der Waals surface area contributed by atoms with Gasteiger partial charge in [0.15, 0.2) is 0 Å². The number of amides is 1. The monoisotopic (exact) mass is 256 g/mol. The fourth-order valence-electron chi connectivity index (χ4n) is 2.88. The third kappa shape index (κ3) is 3.43. The van der Waals surface area contributed by atoms with Gasteiger partial charge in [0.05, 0.1) is 31.9 Å². The molecule has 0 aromatic heterocycles. The van der Waals surface area contributed by atoms with E-state index in [1.165, 1.54) is 12.8 Å². The summed E-state index contributed by atoms with van der Waals surface area (Å²) in [7, 11) is 1.66. The highest BCUT2D eigenvalue weighted by Gasteiger charge is 2.36. The van der Waals surface area contributed by atoms with Crippen molar-refractivity contribution in [2.24, 2.45) is 0 Å². The molecular weight excluding hydrogens is 232 g/mol. The Morgan fingerprint density at radius 2 is 2.28 bits per heavy atom. The average Bonchev–Trinajstić information content (AvgIpc) is 2.43. The van der Waals surface area contributed by atoms with Crippen molar-refractivity contribution < 1.29 is 14.3 Å². The minimum Gasteiger partial charge on any atom is -0.383 e. The van der Waals surface area contributed by atoms with Gasteiger partial charge in [0.2, 0.25) is 5.91 Å². The summed E-state index contributed by atoms with van der Waals surface area (Å²) in [5.41, 5.74) is 0. The Hall–Kier alpha value is -0.650. The van der Waals surface area contributed by atoms with Crippen LogP contribution in [0.1, 0.15) is 25.7 Å². The summed E-state index contributed by atoms with van der Waals surface area (Å²) in [6.45, 7) is 3.20. The number of fused-ring (bicyclic) bond motifs is 1. The lowest BCUT2D eigenvalue weighted by Crippen LogP contribution is -2.56. The molecule has 0 bridgehead atoms. The molecule has 2 atom stereocenters. The topological polar surface area (TPSA) is 50.8 Å². The normalized spacial score (nSPS) is 27.9. The minimum atomic E-state index is 0.200. The van der Waals surface area contributed by atoms with Gasteiger partial charge in [-0.25, -0.2) is 0 Å². The molecule has 5 nitrogen and oxygen atoms in total. The number of ether oxygens (including phenoxy) is 2. The summed E-state index contributed by atoms with van der Waals surface area (Å²) in [4.78, 5) is 14.2. The number of morpholine rings is 1. The Morgan fingerprint density at radius 3 is 3.11 bits per heavy atom. The number of nitrogens with zero attached hydrogens (tertiary/aromatic N) is 1. The van der Waals surface area contributed by atoms with Crippen LogP contribution < -0.4 is 5.32 Å². The van der Waals surface area contributed by atoms with Gasteiger partial charge in [-0.2, -0.15) is 0 Å². The van der Waals surface area contributed by atoms with Gasteiger partial charge in [-0.3, -0.25) is 4.79 Å². The summed E-state index contributed by atoms with van der Waals surface area (Å²) >= 11 is 0. The molecule has 0 spiro atoms. The van der Waals surface area contributed by atoms with Crippen LogP contribution in [0.25, 0.3) is 0 Å². The maximum absolute atomic E-state index is 12.2. The van der Waals surface area contributed by atoms with Crippen LogP contribution in [0, 0.1) is 0 Å². The molecule has 1 aliphatic carbocycles. The standard InChI is InChI=1S/C13H24N2O3/c1-17-8-6-14-10-13(16)15-7-9-18-12-5-3-2-4-11(12)15/h11-12,14H,2-10H2,1H3. The van der Waals surface area contributed by atoms with Crippen molar-refractivity contribution in [2.75, 3.05) is 40.0 Å². The van der Waals surface area contributed by atoms with Crippen molar-refractivity contribution in [2.45, 2.75) is 37.8 Å². The number of carbonyl (C=O) groups is 1. The van der Waals surface area contributed by atoms with E-state index in [0.717, 1.165) is 25.9 Å². The number of hydrogen-bond acceptors (Lipinski definition) is 4. The zero-order chi connectivity index (χ0) is 12.8. The predicted octanol–water partition coefficient (Wildman–Crippen LogP) is 0.392. The molecule has 0 aromatic rings. The molecule has 0 radical (unpaired) electrons. The molecule has 2 rings (SSSR count). The van der Waals surface area contributed by atoms with Crippen LogP contribution in [0.4, 0.5) is 0 Å². The Morgan fingerprint density at radius 1 is 1.44 bits per heavy atom. The molecule has 0 aromatic carbocycles. The van der Waals surface area contributed by atoms with E-state index in [-0.39, 0.29) is 12.0 Å². The fraction of sp³-hybridized carbons (Fsp3) is 0.923. The molecule has 2 fully saturated rings. The molecule has 2 unspecified atom stereocenters. The lowest BCUT2D eigenvalue weighted by atomic mass is 9.90. The molecule has 1 aliphatic heterocycles. The SMILES string of the molecule is COCCNCC(=O)N1CCOC2CCCCC21. The van der Waals surface area contributed by atoms with Crippen molar-refractivity contribution >= 4 is 5.91 Å². The molecular formula is C13H24N2O3. The van der Waals surface area contributed by atoms with Crippen LogP contribution in [-0.2, 0) is 14.3 Å². The minimum absolute atomic E-state index is 0.200. The van der Waals surface area contributed by atoms with Crippen molar-refractivity contribution in [3.63, 3.8) is 0 Å². The number of carbonyl (C=O) groups excluding carboxylic acids is 1. The second-order valence-electron chi connectivity index (χ2n) is 5.02. The zero-order valence-corrected chi connectivity index (χ0v) is 11.2. The number of methoxy groups -OCH3 is 1. The Balaban J connectivity index is 1.80. The lowest BCUT2D eigenvalue weighted by molar-refractivity contribution is -0.148. The van der Waals surface area contributed by atoms with Crippen LogP contribution in [0.2, 0.25) is 0 Å². The van der Waals surface area contributed by atoms with Gasteiger partial charge in [-0.05, 0) is 12.8 Å². The van der Waals surface area contributed by atoms with E-state index in [1.807, 2.05) is 4.90 Å². The van der Waals surface area contributed by atoms with Gasteiger partial charge in [0.1, 0.15) is 0 Å². The number of rotatable bonds is 5. The molecule has 1 saturated carbocycles. The van der Waals surface area contributed by atoms with Gasteiger partial charge < -0.3 is 19.7 Å². The van der Waals surface area contributed by atoms with Gasteiger partial charge in [-0.15, -0.1) is 0 Å². The van der Waals surface area contributed by atoms with E-state index in [2.05, 4.69) is 5.32 Å². The molecule has 5 heteroatoms. The van der Waals surface area contributed by atoms with E-state index < -0.39 is 0 Å². The zero-order valence-electron chi connectivity index (χ0n) is 11.2. The van der Waals surface area contributed by atoms with Crippen LogP contribution in [0.3, 0.4) is 0 Å². The maximum Gasteiger partial charge on any atom is 0.236 e. The van der Waals surface area contributed by atoms with Gasteiger partial charge >= 0.3 is 0 Å². The Labute approximate surface area is 109 Å². The van der Waals surface area contributed by atoms with Crippen LogP contribution in [0.15, 0.2) is 0 Å². The third-order valence-corrected chi connectivity index (χ3v) is 3.81. The molecule has 2 aliphatic rings. The number of nitrogens with one attached hydrogen (secondary N) is 1. The largest absolute Gasteiger partial charge is 0.383 e. The second-order valence-corrected chi connectivity index (χ2v) is 5.02. The molecule has 18 heavy (non-hydrogen) atoms. The molecule has 1 saturated heterocycles. The van der Waals surface area contributed by atoms with Crippen LogP contribution >= 0.6 is 0 Å². The highest BCUT2D eigenvalue weighted by molar-refractivity contribution is 5.78. The first-order valence-electron chi connectivity index (χ1n) is 6.93. The van der Waals surface area contributed by atoms with Crippen LogP contribution in [0.5, 0.6) is 0 Å². The highest BCUT2D eigenvalue weighted by atomic mass is 16.5. The van der Waals surface area contributed by atoms with Crippen molar-refractivity contribution in [1.29, 1.82) is 0 Å². The van der Waals surface area contributed by atoms with Crippen molar-refractivity contribution in [3.8, 4) is 0 Å². The number of hydrogen-bond donors (Lipinski definition) is 1. The van der Waals surface area contributed by atoms with E-state index in [1.54, 1.807) is 7.11 Å². The van der Waals surface area contributed by atoms with E-state index in [0.29, 0.717) is 25.8 Å². The maximum atomic E-state index is 12.2. The van der Waals surface area contributed by atoms with E-state index in [4.69, 9.17) is 9.47 Å². The summed E-state index contributed by atoms with van der Waals surface area (Å²) < 4.78 is 10.7. The first-order chi connectivity index (χ1) is 8.83. The quantitative estimate of drug-likeness (QED) is 0.723. The Kier molecular flexibility index (Phi) is 5.41. The van der Waals surface area contributed by atoms with Crippen molar-refractivity contribution in [1.82, 2.24) is 10.2 Å². The smallest absolute Gasteiger partial charge is 0.236 e. The third-order valence-electron chi connectivity index (χ3n) is 3.81. The highest BCUT2D eigenvalue weighted by Crippen LogP contribution is 2.28. The van der Waals surface area contributed by atoms with Gasteiger partial charge in [0.25, 0.3) is 0 Å². The lowest BCUT2D eigenvalue weighted by Gasteiger charge is -2.43. The summed E-state index contributed by atoms with van der Waals surface area (Å²) in [6.07, 6.45) is 4.91. The molecule has 1 N–H and O–H groups in total. The Bertz CT molecular complexity index is 271. The van der Waals surface area contributed by atoms with Crippen molar-refractivity contribution in [3.05, 3.63) is 0 Å². The summed E-state index contributed by atoms with van der Waals surface area (Å²) in [6, 6.07) is 0.309. The predicted molar refractivity (Wildman–Crippen MR) is 68.5 cm³/mol. The average molecular weight is 256 g/mol. The summed E-state index contributed by atoms with van der Waals surface area (Å²) in [5.74, 6) is 0.200. The second kappa shape index (κ2) is 7.07.